The molecule has 1 aromatic rings. The van der Waals surface area contributed by atoms with Crippen molar-refractivity contribution in [2.75, 3.05) is 6.54 Å². The van der Waals surface area contributed by atoms with Crippen molar-refractivity contribution in [1.82, 2.24) is 5.32 Å². The van der Waals surface area contributed by atoms with E-state index in [0.29, 0.717) is 12.5 Å². The first kappa shape index (κ1) is 15.7. The Labute approximate surface area is 119 Å². The van der Waals surface area contributed by atoms with Crippen LogP contribution >= 0.6 is 15.9 Å². The summed E-state index contributed by atoms with van der Waals surface area (Å²) in [6.07, 6.45) is 0.813. The fraction of sp³-hybridized carbons (Fsp3) is 0.600. The molecule has 0 aliphatic heterocycles. The van der Waals surface area contributed by atoms with Gasteiger partial charge in [-0.3, -0.25) is 0 Å². The minimum Gasteiger partial charge on any atom is -0.389 e. The molecule has 0 saturated heterocycles. The Hall–Kier alpha value is -0.380. The molecule has 0 amide bonds. The molecular formula is C15H24BrNO. The first-order valence-corrected chi connectivity index (χ1v) is 7.31. The molecule has 0 heterocycles. The Morgan fingerprint density at radius 3 is 2.28 bits per heavy atom. The lowest BCUT2D eigenvalue weighted by atomic mass is 9.94. The van der Waals surface area contributed by atoms with Crippen LogP contribution in [0.4, 0.5) is 0 Å². The summed E-state index contributed by atoms with van der Waals surface area (Å²) in [5.41, 5.74) is 0.594. The van der Waals surface area contributed by atoms with E-state index in [1.165, 1.54) is 5.56 Å². The van der Waals surface area contributed by atoms with E-state index in [-0.39, 0.29) is 6.04 Å². The average Bonchev–Trinajstić information content (AvgIpc) is 2.25. The molecule has 2 N–H and O–H groups in total. The number of hydrogen-bond acceptors (Lipinski definition) is 2. The molecular weight excluding hydrogens is 290 g/mol. The SMILES string of the molecule is CC(C)CC(C)(O)CNC(C)c1ccc(Br)cc1. The quantitative estimate of drug-likeness (QED) is 0.835. The second-order valence-corrected chi connectivity index (χ2v) is 6.66. The summed E-state index contributed by atoms with van der Waals surface area (Å²) >= 11 is 3.43. The van der Waals surface area contributed by atoms with E-state index >= 15 is 0 Å². The predicted octanol–water partition coefficient (Wildman–Crippen LogP) is 3.90. The number of hydrogen-bond donors (Lipinski definition) is 2. The highest BCUT2D eigenvalue weighted by Crippen LogP contribution is 2.19. The van der Waals surface area contributed by atoms with Crippen LogP contribution in [0.1, 0.15) is 45.7 Å². The first-order chi connectivity index (χ1) is 8.30. The summed E-state index contributed by atoms with van der Waals surface area (Å²) in [6, 6.07) is 8.52. The van der Waals surface area contributed by atoms with Crippen molar-refractivity contribution in [3.63, 3.8) is 0 Å². The summed E-state index contributed by atoms with van der Waals surface area (Å²) in [7, 11) is 0. The second-order valence-electron chi connectivity index (χ2n) is 5.75. The zero-order valence-electron chi connectivity index (χ0n) is 11.7. The van der Waals surface area contributed by atoms with Gasteiger partial charge in [0.15, 0.2) is 0 Å². The van der Waals surface area contributed by atoms with E-state index in [1.807, 2.05) is 19.1 Å². The Morgan fingerprint density at radius 2 is 1.78 bits per heavy atom. The van der Waals surface area contributed by atoms with Gasteiger partial charge in [0.05, 0.1) is 5.60 Å². The standard InChI is InChI=1S/C15H24BrNO/c1-11(2)9-15(4,18)10-17-12(3)13-5-7-14(16)8-6-13/h5-8,11-12,17-18H,9-10H2,1-4H3. The highest BCUT2D eigenvalue weighted by molar-refractivity contribution is 9.10. The first-order valence-electron chi connectivity index (χ1n) is 6.51. The molecule has 2 unspecified atom stereocenters. The maximum Gasteiger partial charge on any atom is 0.0746 e. The van der Waals surface area contributed by atoms with E-state index in [4.69, 9.17) is 0 Å². The molecule has 0 aliphatic carbocycles. The van der Waals surface area contributed by atoms with Crippen LogP contribution in [0.15, 0.2) is 28.7 Å². The summed E-state index contributed by atoms with van der Waals surface area (Å²) in [5.74, 6) is 0.504. The van der Waals surface area contributed by atoms with Crippen molar-refractivity contribution in [2.45, 2.75) is 45.8 Å². The molecule has 1 rings (SSSR count). The zero-order valence-corrected chi connectivity index (χ0v) is 13.3. The lowest BCUT2D eigenvalue weighted by Crippen LogP contribution is -2.39. The van der Waals surface area contributed by atoms with Crippen molar-refractivity contribution in [3.8, 4) is 0 Å². The number of halogens is 1. The Morgan fingerprint density at radius 1 is 1.22 bits per heavy atom. The number of nitrogens with one attached hydrogen (secondary N) is 1. The number of aliphatic hydroxyl groups is 1. The van der Waals surface area contributed by atoms with E-state index in [0.717, 1.165) is 10.9 Å². The topological polar surface area (TPSA) is 32.3 Å². The van der Waals surface area contributed by atoms with Crippen LogP contribution < -0.4 is 5.32 Å². The molecule has 18 heavy (non-hydrogen) atoms. The molecule has 0 saturated carbocycles. The lowest BCUT2D eigenvalue weighted by molar-refractivity contribution is 0.0363. The van der Waals surface area contributed by atoms with Crippen LogP contribution in [0.3, 0.4) is 0 Å². The molecule has 0 aliphatic rings. The minimum absolute atomic E-state index is 0.247. The summed E-state index contributed by atoms with van der Waals surface area (Å²) in [6.45, 7) is 8.89. The molecule has 0 fully saturated rings. The normalized spacial score (nSPS) is 16.6. The highest BCUT2D eigenvalue weighted by atomic mass is 79.9. The molecule has 0 bridgehead atoms. The number of rotatable bonds is 6. The van der Waals surface area contributed by atoms with Gasteiger partial charge in [-0.25, -0.2) is 0 Å². The van der Waals surface area contributed by atoms with Crippen LogP contribution in [0.25, 0.3) is 0 Å². The van der Waals surface area contributed by atoms with Gasteiger partial charge in [-0.15, -0.1) is 0 Å². The van der Waals surface area contributed by atoms with Gasteiger partial charge in [0.1, 0.15) is 0 Å². The van der Waals surface area contributed by atoms with Crippen LogP contribution in [-0.4, -0.2) is 17.3 Å². The predicted molar refractivity (Wildman–Crippen MR) is 80.6 cm³/mol. The molecule has 1 aromatic carbocycles. The fourth-order valence-corrected chi connectivity index (χ4v) is 2.46. The van der Waals surface area contributed by atoms with Gasteiger partial charge in [-0.1, -0.05) is 41.9 Å². The van der Waals surface area contributed by atoms with Gasteiger partial charge in [0, 0.05) is 17.1 Å². The van der Waals surface area contributed by atoms with Gasteiger partial charge >= 0.3 is 0 Å². The van der Waals surface area contributed by atoms with Crippen molar-refractivity contribution in [2.24, 2.45) is 5.92 Å². The van der Waals surface area contributed by atoms with E-state index in [1.54, 1.807) is 0 Å². The van der Waals surface area contributed by atoms with E-state index < -0.39 is 5.60 Å². The zero-order chi connectivity index (χ0) is 13.8. The van der Waals surface area contributed by atoms with Crippen molar-refractivity contribution >= 4 is 15.9 Å². The molecule has 3 heteroatoms. The average molecular weight is 314 g/mol. The van der Waals surface area contributed by atoms with Crippen LogP contribution in [-0.2, 0) is 0 Å². The highest BCUT2D eigenvalue weighted by Gasteiger charge is 2.22. The summed E-state index contributed by atoms with van der Waals surface area (Å²) in [4.78, 5) is 0. The third-order valence-electron chi connectivity index (χ3n) is 3.01. The van der Waals surface area contributed by atoms with Gasteiger partial charge in [-0.2, -0.15) is 0 Å². The van der Waals surface area contributed by atoms with Gasteiger partial charge in [0.2, 0.25) is 0 Å². The molecule has 102 valence electrons. The van der Waals surface area contributed by atoms with Crippen molar-refractivity contribution < 1.29 is 5.11 Å². The van der Waals surface area contributed by atoms with Gasteiger partial charge in [-0.05, 0) is 43.9 Å². The summed E-state index contributed by atoms with van der Waals surface area (Å²) in [5, 5.41) is 13.7. The molecule has 2 atom stereocenters. The lowest BCUT2D eigenvalue weighted by Gasteiger charge is -2.27. The maximum atomic E-state index is 10.3. The maximum absolute atomic E-state index is 10.3. The molecule has 0 radical (unpaired) electrons. The monoisotopic (exact) mass is 313 g/mol. The third kappa shape index (κ3) is 5.51. The van der Waals surface area contributed by atoms with Gasteiger partial charge in [0.25, 0.3) is 0 Å². The number of benzene rings is 1. The Balaban J connectivity index is 2.50. The van der Waals surface area contributed by atoms with Crippen molar-refractivity contribution in [3.05, 3.63) is 34.3 Å². The molecule has 2 nitrogen and oxygen atoms in total. The van der Waals surface area contributed by atoms with Crippen molar-refractivity contribution in [1.29, 1.82) is 0 Å². The summed E-state index contributed by atoms with van der Waals surface area (Å²) < 4.78 is 1.09. The molecule has 0 spiro atoms. The Kier molecular flexibility index (Phi) is 5.83. The third-order valence-corrected chi connectivity index (χ3v) is 3.54. The minimum atomic E-state index is -0.641. The second kappa shape index (κ2) is 6.69. The van der Waals surface area contributed by atoms with Crippen LogP contribution in [0.5, 0.6) is 0 Å². The Bertz CT molecular complexity index is 359. The van der Waals surface area contributed by atoms with Crippen LogP contribution in [0, 0.1) is 5.92 Å². The largest absolute Gasteiger partial charge is 0.389 e. The fourth-order valence-electron chi connectivity index (χ4n) is 2.19. The van der Waals surface area contributed by atoms with E-state index in [9.17, 15) is 5.11 Å². The smallest absolute Gasteiger partial charge is 0.0746 e. The molecule has 0 aromatic heterocycles. The van der Waals surface area contributed by atoms with Crippen LogP contribution in [0.2, 0.25) is 0 Å². The van der Waals surface area contributed by atoms with Gasteiger partial charge < -0.3 is 10.4 Å². The van der Waals surface area contributed by atoms with E-state index in [2.05, 4.69) is 54.2 Å².